The van der Waals surface area contributed by atoms with Crippen molar-refractivity contribution in [1.29, 1.82) is 0 Å². The van der Waals surface area contributed by atoms with Crippen LogP contribution in [0.5, 0.6) is 0 Å². The highest BCUT2D eigenvalue weighted by Crippen LogP contribution is 2.20. The Labute approximate surface area is 126 Å². The number of nitrogen functional groups attached to an aromatic ring is 1. The Kier molecular flexibility index (Phi) is 4.23. The lowest BCUT2D eigenvalue weighted by molar-refractivity contribution is 0.0762. The Morgan fingerprint density at radius 2 is 2.20 bits per heavy atom. The quantitative estimate of drug-likeness (QED) is 0.929. The molecule has 2 N–H and O–H groups in total. The summed E-state index contributed by atoms with van der Waals surface area (Å²) in [5.74, 6) is 0.645. The second-order valence-electron chi connectivity index (χ2n) is 5.03. The average molecular weight is 340 g/mol. The fourth-order valence-electron chi connectivity index (χ4n) is 2.04. The van der Waals surface area contributed by atoms with E-state index < -0.39 is 0 Å². The molecule has 0 fully saturated rings. The van der Waals surface area contributed by atoms with Gasteiger partial charge in [-0.3, -0.25) is 4.79 Å². The summed E-state index contributed by atoms with van der Waals surface area (Å²) in [4.78, 5) is 14.1. The van der Waals surface area contributed by atoms with Crippen molar-refractivity contribution in [2.24, 2.45) is 0 Å². The largest absolute Gasteiger partial charge is 0.452 e. The Morgan fingerprint density at radius 3 is 2.75 bits per heavy atom. The molecular formula is C14H18BrN3O2. The van der Waals surface area contributed by atoms with Crippen LogP contribution in [0.4, 0.5) is 5.69 Å². The number of furan rings is 1. The van der Waals surface area contributed by atoms with E-state index in [2.05, 4.69) is 15.9 Å². The van der Waals surface area contributed by atoms with E-state index in [0.717, 1.165) is 5.76 Å². The van der Waals surface area contributed by atoms with Gasteiger partial charge in [0.15, 0.2) is 4.67 Å². The smallest absolute Gasteiger partial charge is 0.270 e. The second kappa shape index (κ2) is 5.75. The average Bonchev–Trinajstić information content (AvgIpc) is 2.94. The molecule has 0 spiro atoms. The number of hydrogen-bond acceptors (Lipinski definition) is 3. The molecule has 0 aliphatic heterocycles. The number of nitrogens with two attached hydrogens (primary N) is 1. The van der Waals surface area contributed by atoms with Crippen molar-refractivity contribution in [3.63, 3.8) is 0 Å². The standard InChI is InChI=1S/C14H18BrN3O2/c1-9(2)18-7-10(16)6-12(18)14(19)17(3)8-11-4-5-13(15)20-11/h4-7,9H,8,16H2,1-3H3. The highest BCUT2D eigenvalue weighted by atomic mass is 79.9. The SMILES string of the molecule is CC(C)n1cc(N)cc1C(=O)N(C)Cc1ccc(Br)o1. The van der Waals surface area contributed by atoms with Gasteiger partial charge in [0.2, 0.25) is 0 Å². The Bertz CT molecular complexity index is 616. The fraction of sp³-hybridized carbons (Fsp3) is 0.357. The van der Waals surface area contributed by atoms with Crippen molar-refractivity contribution in [2.45, 2.75) is 26.4 Å². The molecule has 5 nitrogen and oxygen atoms in total. The van der Waals surface area contributed by atoms with Gasteiger partial charge in [0.25, 0.3) is 5.91 Å². The third-order valence-corrected chi connectivity index (χ3v) is 3.44. The van der Waals surface area contributed by atoms with Crippen LogP contribution in [0.2, 0.25) is 0 Å². The first-order chi connectivity index (χ1) is 9.38. The summed E-state index contributed by atoms with van der Waals surface area (Å²) in [7, 11) is 1.74. The topological polar surface area (TPSA) is 64.4 Å². The third kappa shape index (κ3) is 3.07. The number of rotatable bonds is 4. The third-order valence-electron chi connectivity index (χ3n) is 3.01. The molecule has 6 heteroatoms. The molecule has 1 amide bonds. The number of amides is 1. The molecule has 2 heterocycles. The first-order valence-electron chi connectivity index (χ1n) is 6.35. The molecule has 0 unspecified atom stereocenters. The summed E-state index contributed by atoms with van der Waals surface area (Å²) in [6.45, 7) is 4.44. The summed E-state index contributed by atoms with van der Waals surface area (Å²) in [5.41, 5.74) is 6.98. The van der Waals surface area contributed by atoms with Crippen molar-refractivity contribution in [3.05, 3.63) is 40.5 Å². The molecule has 2 aromatic rings. The molecule has 0 saturated heterocycles. The van der Waals surface area contributed by atoms with Crippen LogP contribution >= 0.6 is 15.9 Å². The van der Waals surface area contributed by atoms with E-state index in [1.165, 1.54) is 0 Å². The fourth-order valence-corrected chi connectivity index (χ4v) is 2.38. The summed E-state index contributed by atoms with van der Waals surface area (Å²) in [5, 5.41) is 0. The summed E-state index contributed by atoms with van der Waals surface area (Å²) in [6, 6.07) is 5.53. The van der Waals surface area contributed by atoms with E-state index >= 15 is 0 Å². The maximum Gasteiger partial charge on any atom is 0.270 e. The van der Waals surface area contributed by atoms with Crippen LogP contribution in [0.15, 0.2) is 33.5 Å². The lowest BCUT2D eigenvalue weighted by Gasteiger charge is -2.18. The number of halogens is 1. The van der Waals surface area contributed by atoms with Crippen molar-refractivity contribution in [3.8, 4) is 0 Å². The van der Waals surface area contributed by atoms with Gasteiger partial charge < -0.3 is 19.6 Å². The highest BCUT2D eigenvalue weighted by Gasteiger charge is 2.19. The van der Waals surface area contributed by atoms with Gasteiger partial charge in [-0.1, -0.05) is 0 Å². The zero-order valence-corrected chi connectivity index (χ0v) is 13.3. The van der Waals surface area contributed by atoms with Crippen molar-refractivity contribution in [1.82, 2.24) is 9.47 Å². The van der Waals surface area contributed by atoms with Crippen LogP contribution in [0, 0.1) is 0 Å². The number of hydrogen-bond donors (Lipinski definition) is 1. The summed E-state index contributed by atoms with van der Waals surface area (Å²) < 4.78 is 7.95. The van der Waals surface area contributed by atoms with E-state index in [0.29, 0.717) is 22.6 Å². The van der Waals surface area contributed by atoms with Crippen molar-refractivity contribution in [2.75, 3.05) is 12.8 Å². The first kappa shape index (κ1) is 14.7. The molecule has 0 saturated carbocycles. The molecule has 0 aliphatic rings. The minimum atomic E-state index is -0.0806. The molecule has 0 atom stereocenters. The first-order valence-corrected chi connectivity index (χ1v) is 7.15. The molecule has 2 aromatic heterocycles. The maximum absolute atomic E-state index is 12.5. The Morgan fingerprint density at radius 1 is 1.50 bits per heavy atom. The molecule has 0 bridgehead atoms. The Balaban J connectivity index is 2.18. The Hall–Kier alpha value is -1.69. The molecule has 0 radical (unpaired) electrons. The number of anilines is 1. The van der Waals surface area contributed by atoms with E-state index in [1.807, 2.05) is 30.5 Å². The monoisotopic (exact) mass is 339 g/mol. The van der Waals surface area contributed by atoms with Crippen LogP contribution < -0.4 is 5.73 Å². The van der Waals surface area contributed by atoms with Crippen LogP contribution in [0.3, 0.4) is 0 Å². The maximum atomic E-state index is 12.5. The highest BCUT2D eigenvalue weighted by molar-refractivity contribution is 9.10. The van der Waals surface area contributed by atoms with Crippen molar-refractivity contribution < 1.29 is 9.21 Å². The van der Waals surface area contributed by atoms with E-state index in [4.69, 9.17) is 10.2 Å². The van der Waals surface area contributed by atoms with Gasteiger partial charge in [0.1, 0.15) is 11.5 Å². The van der Waals surface area contributed by atoms with Crippen LogP contribution in [0.1, 0.15) is 36.1 Å². The molecule has 0 aliphatic carbocycles. The molecule has 20 heavy (non-hydrogen) atoms. The van der Waals surface area contributed by atoms with Gasteiger partial charge >= 0.3 is 0 Å². The van der Waals surface area contributed by atoms with Gasteiger partial charge in [-0.2, -0.15) is 0 Å². The van der Waals surface area contributed by atoms with Gasteiger partial charge in [-0.05, 0) is 48.0 Å². The number of nitrogens with zero attached hydrogens (tertiary/aromatic N) is 2. The normalized spacial score (nSPS) is 11.1. The molecule has 2 rings (SSSR count). The number of carbonyl (C=O) groups is 1. The van der Waals surface area contributed by atoms with Gasteiger partial charge in [0.05, 0.1) is 12.2 Å². The predicted molar refractivity (Wildman–Crippen MR) is 81.4 cm³/mol. The predicted octanol–water partition coefficient (Wildman–Crippen LogP) is 3.28. The van der Waals surface area contributed by atoms with Gasteiger partial charge in [-0.15, -0.1) is 0 Å². The van der Waals surface area contributed by atoms with Crippen molar-refractivity contribution >= 4 is 27.5 Å². The molecule has 108 valence electrons. The lowest BCUT2D eigenvalue weighted by Crippen LogP contribution is -2.28. The van der Waals surface area contributed by atoms with Crippen LogP contribution in [0.25, 0.3) is 0 Å². The zero-order chi connectivity index (χ0) is 14.9. The zero-order valence-electron chi connectivity index (χ0n) is 11.8. The summed E-state index contributed by atoms with van der Waals surface area (Å²) >= 11 is 3.25. The van der Waals surface area contributed by atoms with Crippen LogP contribution in [-0.4, -0.2) is 22.4 Å². The van der Waals surface area contributed by atoms with E-state index in [9.17, 15) is 4.79 Å². The van der Waals surface area contributed by atoms with Gasteiger partial charge in [0, 0.05) is 19.3 Å². The molecule has 0 aromatic carbocycles. The minimum Gasteiger partial charge on any atom is -0.452 e. The molecular weight excluding hydrogens is 322 g/mol. The minimum absolute atomic E-state index is 0.0806. The number of aromatic nitrogens is 1. The van der Waals surface area contributed by atoms with E-state index in [-0.39, 0.29) is 11.9 Å². The van der Waals surface area contributed by atoms with Crippen LogP contribution in [-0.2, 0) is 6.54 Å². The van der Waals surface area contributed by atoms with E-state index in [1.54, 1.807) is 24.2 Å². The number of carbonyl (C=O) groups excluding carboxylic acids is 1. The lowest BCUT2D eigenvalue weighted by atomic mass is 10.3. The second-order valence-corrected chi connectivity index (χ2v) is 5.81. The van der Waals surface area contributed by atoms with Gasteiger partial charge in [-0.25, -0.2) is 0 Å². The summed E-state index contributed by atoms with van der Waals surface area (Å²) in [6.07, 6.45) is 1.79.